The molecule has 54 heavy (non-hydrogen) atoms. The van der Waals surface area contributed by atoms with E-state index < -0.39 is 0 Å². The second-order valence-electron chi connectivity index (χ2n) is 13.5. The standard InChI is InChI=1S/C49H30N2O2S/c1-3-11-32(12-4-1)37-15-7-9-17-41(37)51(36-24-26-39-38-16-8-10-18-45(38)54-46(39)30-36)35-22-19-31(20-23-35)34-21-25-40-44(29-34)52-42-27-28-43-48(47(40)42)50-49(53-43)33-13-5-2-6-14-33/h1-30H. The Labute approximate surface area is 314 Å². The average Bonchev–Trinajstić information content (AvgIpc) is 3.95. The molecule has 0 unspecified atom stereocenters. The molecular formula is C49H30N2O2S. The molecule has 0 radical (unpaired) electrons. The van der Waals surface area contributed by atoms with Crippen molar-refractivity contribution in [1.29, 1.82) is 0 Å². The fourth-order valence-electron chi connectivity index (χ4n) is 7.75. The highest BCUT2D eigenvalue weighted by atomic mass is 32.1. The molecule has 8 aromatic carbocycles. The molecule has 0 saturated heterocycles. The van der Waals surface area contributed by atoms with E-state index in [1.807, 2.05) is 53.8 Å². The molecule has 0 aliphatic heterocycles. The van der Waals surface area contributed by atoms with E-state index in [2.05, 4.69) is 144 Å². The predicted molar refractivity (Wildman–Crippen MR) is 225 cm³/mol. The molecule has 5 heteroatoms. The Morgan fingerprint density at radius 1 is 0.426 bits per heavy atom. The van der Waals surface area contributed by atoms with Gasteiger partial charge in [0.2, 0.25) is 5.89 Å². The van der Waals surface area contributed by atoms with Crippen molar-refractivity contribution in [1.82, 2.24) is 4.98 Å². The van der Waals surface area contributed by atoms with Crippen LogP contribution in [-0.2, 0) is 0 Å². The third kappa shape index (κ3) is 5.01. The van der Waals surface area contributed by atoms with E-state index in [-0.39, 0.29) is 0 Å². The summed E-state index contributed by atoms with van der Waals surface area (Å²) in [4.78, 5) is 7.29. The van der Waals surface area contributed by atoms with E-state index in [0.717, 1.165) is 66.8 Å². The zero-order valence-electron chi connectivity index (χ0n) is 28.9. The normalized spacial score (nSPS) is 11.7. The van der Waals surface area contributed by atoms with Crippen LogP contribution in [0.4, 0.5) is 17.1 Å². The molecule has 11 rings (SSSR count). The molecule has 254 valence electrons. The van der Waals surface area contributed by atoms with Crippen LogP contribution in [0, 0.1) is 0 Å². The Kier molecular flexibility index (Phi) is 7.00. The van der Waals surface area contributed by atoms with Crippen molar-refractivity contribution < 1.29 is 8.83 Å². The van der Waals surface area contributed by atoms with Gasteiger partial charge in [-0.05, 0) is 89.5 Å². The van der Waals surface area contributed by atoms with Crippen molar-refractivity contribution in [2.24, 2.45) is 0 Å². The minimum Gasteiger partial charge on any atom is -0.456 e. The average molecular weight is 711 g/mol. The van der Waals surface area contributed by atoms with Gasteiger partial charge in [0, 0.05) is 48.1 Å². The van der Waals surface area contributed by atoms with Gasteiger partial charge in [-0.15, -0.1) is 11.3 Å². The minimum atomic E-state index is 0.605. The summed E-state index contributed by atoms with van der Waals surface area (Å²) in [6.45, 7) is 0. The number of benzene rings is 8. The number of fused-ring (bicyclic) bond motifs is 8. The molecule has 0 aliphatic rings. The summed E-state index contributed by atoms with van der Waals surface area (Å²) < 4.78 is 15.2. The zero-order chi connectivity index (χ0) is 35.6. The van der Waals surface area contributed by atoms with Gasteiger partial charge in [-0.2, -0.15) is 0 Å². The van der Waals surface area contributed by atoms with Crippen molar-refractivity contribution in [3.8, 4) is 33.7 Å². The van der Waals surface area contributed by atoms with Gasteiger partial charge in [-0.3, -0.25) is 0 Å². The van der Waals surface area contributed by atoms with Crippen LogP contribution in [0.25, 0.3) is 86.9 Å². The molecule has 0 spiro atoms. The van der Waals surface area contributed by atoms with Crippen molar-refractivity contribution in [2.45, 2.75) is 0 Å². The second-order valence-corrected chi connectivity index (χ2v) is 14.6. The lowest BCUT2D eigenvalue weighted by Gasteiger charge is -2.28. The largest absolute Gasteiger partial charge is 0.456 e. The van der Waals surface area contributed by atoms with Gasteiger partial charge in [0.15, 0.2) is 5.58 Å². The predicted octanol–water partition coefficient (Wildman–Crippen LogP) is 14.6. The number of anilines is 3. The van der Waals surface area contributed by atoms with Crippen molar-refractivity contribution in [3.63, 3.8) is 0 Å². The molecule has 3 aromatic heterocycles. The number of furan rings is 1. The van der Waals surface area contributed by atoms with E-state index in [4.69, 9.17) is 13.8 Å². The molecule has 4 nitrogen and oxygen atoms in total. The Morgan fingerprint density at radius 3 is 1.94 bits per heavy atom. The SMILES string of the molecule is c1ccc(-c2nc3c(ccc4oc5cc(-c6ccc(N(c7ccc8c(c7)sc7ccccc78)c7ccccc7-c7ccccc7)cc6)ccc5c43)o2)cc1. The van der Waals surface area contributed by atoms with Gasteiger partial charge in [-0.1, -0.05) is 109 Å². The summed E-state index contributed by atoms with van der Waals surface area (Å²) in [5, 5.41) is 4.57. The number of nitrogens with zero attached hydrogens (tertiary/aromatic N) is 2. The smallest absolute Gasteiger partial charge is 0.227 e. The van der Waals surface area contributed by atoms with Gasteiger partial charge >= 0.3 is 0 Å². The Hall–Kier alpha value is -6.95. The number of para-hydroxylation sites is 1. The Morgan fingerprint density at radius 2 is 1.09 bits per heavy atom. The summed E-state index contributed by atoms with van der Waals surface area (Å²) >= 11 is 1.84. The molecule has 3 heterocycles. The van der Waals surface area contributed by atoms with E-state index in [0.29, 0.717) is 5.89 Å². The maximum Gasteiger partial charge on any atom is 0.227 e. The van der Waals surface area contributed by atoms with E-state index >= 15 is 0 Å². The summed E-state index contributed by atoms with van der Waals surface area (Å²) in [6.07, 6.45) is 0. The molecule has 0 fully saturated rings. The monoisotopic (exact) mass is 710 g/mol. The van der Waals surface area contributed by atoms with Gasteiger partial charge in [0.1, 0.15) is 16.7 Å². The van der Waals surface area contributed by atoms with Crippen LogP contribution in [0.15, 0.2) is 191 Å². The maximum atomic E-state index is 6.44. The molecule has 0 bridgehead atoms. The van der Waals surface area contributed by atoms with Gasteiger partial charge in [0.25, 0.3) is 0 Å². The number of hydrogen-bond acceptors (Lipinski definition) is 5. The first-order chi connectivity index (χ1) is 26.7. The lowest BCUT2D eigenvalue weighted by molar-refractivity contribution is 0.619. The van der Waals surface area contributed by atoms with Gasteiger partial charge in [0.05, 0.1) is 11.1 Å². The van der Waals surface area contributed by atoms with Crippen molar-refractivity contribution in [3.05, 3.63) is 182 Å². The van der Waals surface area contributed by atoms with E-state index in [1.165, 1.54) is 31.3 Å². The zero-order valence-corrected chi connectivity index (χ0v) is 29.8. The molecule has 0 aliphatic carbocycles. The first-order valence-electron chi connectivity index (χ1n) is 18.0. The van der Waals surface area contributed by atoms with Crippen LogP contribution in [0.2, 0.25) is 0 Å². The fraction of sp³-hybridized carbons (Fsp3) is 0. The number of rotatable bonds is 6. The number of oxazole rings is 1. The van der Waals surface area contributed by atoms with Crippen molar-refractivity contribution in [2.75, 3.05) is 4.90 Å². The number of thiophene rings is 1. The summed E-state index contributed by atoms with van der Waals surface area (Å²) in [5.74, 6) is 0.605. The van der Waals surface area contributed by atoms with Gasteiger partial charge < -0.3 is 13.7 Å². The summed E-state index contributed by atoms with van der Waals surface area (Å²) in [6, 6.07) is 64.0. The first kappa shape index (κ1) is 30.7. The van der Waals surface area contributed by atoms with Crippen LogP contribution >= 0.6 is 11.3 Å². The van der Waals surface area contributed by atoms with Crippen LogP contribution < -0.4 is 4.90 Å². The lowest BCUT2D eigenvalue weighted by Crippen LogP contribution is -2.11. The molecule has 11 aromatic rings. The summed E-state index contributed by atoms with van der Waals surface area (Å²) in [5.41, 5.74) is 12.0. The third-order valence-electron chi connectivity index (χ3n) is 10.3. The lowest BCUT2D eigenvalue weighted by atomic mass is 10.0. The van der Waals surface area contributed by atoms with Crippen LogP contribution in [-0.4, -0.2) is 4.98 Å². The van der Waals surface area contributed by atoms with E-state index in [1.54, 1.807) is 0 Å². The number of aromatic nitrogens is 1. The van der Waals surface area contributed by atoms with Crippen LogP contribution in [0.3, 0.4) is 0 Å². The molecule has 0 saturated carbocycles. The Bertz CT molecular complexity index is 3160. The van der Waals surface area contributed by atoms with Crippen LogP contribution in [0.1, 0.15) is 0 Å². The highest BCUT2D eigenvalue weighted by Crippen LogP contribution is 2.44. The quantitative estimate of drug-likeness (QED) is 0.172. The fourth-order valence-corrected chi connectivity index (χ4v) is 8.89. The molecule has 0 N–H and O–H groups in total. The molecular weight excluding hydrogens is 681 g/mol. The van der Waals surface area contributed by atoms with Crippen LogP contribution in [0.5, 0.6) is 0 Å². The van der Waals surface area contributed by atoms with Crippen molar-refractivity contribution >= 4 is 81.6 Å². The highest BCUT2D eigenvalue weighted by Gasteiger charge is 2.20. The van der Waals surface area contributed by atoms with E-state index in [9.17, 15) is 0 Å². The van der Waals surface area contributed by atoms with Gasteiger partial charge in [-0.25, -0.2) is 4.98 Å². The summed E-state index contributed by atoms with van der Waals surface area (Å²) in [7, 11) is 0. The topological polar surface area (TPSA) is 42.4 Å². The second kappa shape index (κ2) is 12.3. The first-order valence-corrected chi connectivity index (χ1v) is 18.8. The molecule has 0 atom stereocenters. The highest BCUT2D eigenvalue weighted by molar-refractivity contribution is 7.25. The molecule has 0 amide bonds. The Balaban J connectivity index is 1.01. The third-order valence-corrected chi connectivity index (χ3v) is 11.5. The maximum absolute atomic E-state index is 6.44. The number of hydrogen-bond donors (Lipinski definition) is 0. The minimum absolute atomic E-state index is 0.605.